The second-order valence-corrected chi connectivity index (χ2v) is 7.17. The molecule has 0 unspecified atom stereocenters. The van der Waals surface area contributed by atoms with Crippen molar-refractivity contribution in [2.45, 2.75) is 26.7 Å². The van der Waals surface area contributed by atoms with Gasteiger partial charge in [-0.05, 0) is 31.5 Å². The van der Waals surface area contributed by atoms with Gasteiger partial charge in [-0.15, -0.1) is 0 Å². The van der Waals surface area contributed by atoms with Gasteiger partial charge in [-0.2, -0.15) is 0 Å². The topological polar surface area (TPSA) is 70.8 Å². The van der Waals surface area contributed by atoms with Crippen LogP contribution in [-0.4, -0.2) is 46.1 Å². The molecular formula is C21H24FN3O3. The number of nitrogens with zero attached hydrogens (tertiary/aromatic N) is 3. The van der Waals surface area contributed by atoms with E-state index in [1.54, 1.807) is 25.1 Å². The van der Waals surface area contributed by atoms with Crippen molar-refractivity contribution in [2.24, 2.45) is 0 Å². The van der Waals surface area contributed by atoms with E-state index in [0.29, 0.717) is 47.8 Å². The molecule has 0 spiro atoms. The highest BCUT2D eigenvalue weighted by Crippen LogP contribution is 2.31. The van der Waals surface area contributed by atoms with Gasteiger partial charge in [0.15, 0.2) is 6.29 Å². The second-order valence-electron chi connectivity index (χ2n) is 7.17. The number of rotatable bonds is 4. The summed E-state index contributed by atoms with van der Waals surface area (Å²) in [4.78, 5) is 6.69. The molecule has 2 N–H and O–H groups in total. The molecule has 6 nitrogen and oxygen atoms in total. The number of benzene rings is 2. The predicted octanol–water partition coefficient (Wildman–Crippen LogP) is 2.66. The molecule has 1 aliphatic rings. The standard InChI is InChI=1S/C21H24FN3O3/c1-13-4-3-5-15(19(13)22)12-25-14(2)23-20-17(21(26)27)10-16(11-18(20)25)24-6-8-28-9-7-24/h3-5,10-11,21,26-27H,6-9,12H2,1-2H3. The molecule has 2 aromatic carbocycles. The predicted molar refractivity (Wildman–Crippen MR) is 105 cm³/mol. The van der Waals surface area contributed by atoms with Crippen molar-refractivity contribution in [3.05, 3.63) is 58.7 Å². The zero-order chi connectivity index (χ0) is 19.8. The third kappa shape index (κ3) is 3.37. The van der Waals surface area contributed by atoms with Crippen molar-refractivity contribution in [3.63, 3.8) is 0 Å². The fourth-order valence-electron chi connectivity index (χ4n) is 3.75. The van der Waals surface area contributed by atoms with E-state index in [-0.39, 0.29) is 5.82 Å². The lowest BCUT2D eigenvalue weighted by molar-refractivity contribution is -0.0414. The van der Waals surface area contributed by atoms with Crippen molar-refractivity contribution in [1.29, 1.82) is 0 Å². The van der Waals surface area contributed by atoms with Crippen molar-refractivity contribution in [3.8, 4) is 0 Å². The minimum Gasteiger partial charge on any atom is -0.378 e. The van der Waals surface area contributed by atoms with E-state index in [2.05, 4.69) is 9.88 Å². The summed E-state index contributed by atoms with van der Waals surface area (Å²) in [5.41, 5.74) is 3.68. The summed E-state index contributed by atoms with van der Waals surface area (Å²) < 4.78 is 21.9. The number of imidazole rings is 1. The van der Waals surface area contributed by atoms with Gasteiger partial charge in [0.1, 0.15) is 11.6 Å². The van der Waals surface area contributed by atoms with Crippen molar-refractivity contribution >= 4 is 16.7 Å². The van der Waals surface area contributed by atoms with Crippen LogP contribution in [0.25, 0.3) is 11.0 Å². The van der Waals surface area contributed by atoms with Crippen LogP contribution in [0.3, 0.4) is 0 Å². The van der Waals surface area contributed by atoms with Crippen LogP contribution < -0.4 is 4.90 Å². The third-order valence-corrected chi connectivity index (χ3v) is 5.31. The first-order valence-corrected chi connectivity index (χ1v) is 9.39. The summed E-state index contributed by atoms with van der Waals surface area (Å²) in [6.07, 6.45) is -1.64. The Kier molecular flexibility index (Phi) is 5.05. The molecule has 0 bridgehead atoms. The van der Waals surface area contributed by atoms with Crippen LogP contribution in [-0.2, 0) is 11.3 Å². The second kappa shape index (κ2) is 7.50. The lowest BCUT2D eigenvalue weighted by atomic mass is 10.1. The van der Waals surface area contributed by atoms with Gasteiger partial charge < -0.3 is 24.4 Å². The first-order chi connectivity index (χ1) is 13.5. The number of aromatic nitrogens is 2. The van der Waals surface area contributed by atoms with Gasteiger partial charge in [0, 0.05) is 29.9 Å². The Morgan fingerprint density at radius 2 is 1.93 bits per heavy atom. The van der Waals surface area contributed by atoms with Crippen molar-refractivity contribution in [1.82, 2.24) is 9.55 Å². The molecule has 2 heterocycles. The number of ether oxygens (including phenoxy) is 1. The monoisotopic (exact) mass is 385 g/mol. The molecule has 1 aromatic heterocycles. The van der Waals surface area contributed by atoms with Gasteiger partial charge in [-0.3, -0.25) is 0 Å². The molecule has 1 fully saturated rings. The Labute approximate surface area is 162 Å². The Bertz CT molecular complexity index is 1010. The molecule has 1 aliphatic heterocycles. The van der Waals surface area contributed by atoms with Gasteiger partial charge in [0.2, 0.25) is 0 Å². The third-order valence-electron chi connectivity index (χ3n) is 5.31. The van der Waals surface area contributed by atoms with E-state index in [1.807, 2.05) is 23.6 Å². The minimum atomic E-state index is -1.64. The highest BCUT2D eigenvalue weighted by Gasteiger charge is 2.21. The highest BCUT2D eigenvalue weighted by molar-refractivity contribution is 5.84. The lowest BCUT2D eigenvalue weighted by Gasteiger charge is -2.29. The number of fused-ring (bicyclic) bond motifs is 1. The number of hydrogen-bond acceptors (Lipinski definition) is 5. The molecule has 0 amide bonds. The number of hydrogen-bond donors (Lipinski definition) is 2. The Morgan fingerprint density at radius 1 is 1.18 bits per heavy atom. The van der Waals surface area contributed by atoms with Crippen LogP contribution in [0.4, 0.5) is 10.1 Å². The van der Waals surface area contributed by atoms with Gasteiger partial charge in [-0.1, -0.05) is 18.2 Å². The molecule has 7 heteroatoms. The summed E-state index contributed by atoms with van der Waals surface area (Å²) in [6, 6.07) is 9.10. The zero-order valence-corrected chi connectivity index (χ0v) is 16.0. The van der Waals surface area contributed by atoms with Gasteiger partial charge in [0.05, 0.1) is 30.8 Å². The molecular weight excluding hydrogens is 361 g/mol. The van der Waals surface area contributed by atoms with E-state index >= 15 is 0 Å². The first kappa shape index (κ1) is 18.9. The average Bonchev–Trinajstić information content (AvgIpc) is 3.00. The minimum absolute atomic E-state index is 0.226. The van der Waals surface area contributed by atoms with E-state index in [0.717, 1.165) is 24.3 Å². The summed E-state index contributed by atoms with van der Waals surface area (Å²) in [7, 11) is 0. The largest absolute Gasteiger partial charge is 0.378 e. The van der Waals surface area contributed by atoms with Crippen LogP contribution in [0.5, 0.6) is 0 Å². The number of morpholine rings is 1. The van der Waals surface area contributed by atoms with Gasteiger partial charge >= 0.3 is 0 Å². The quantitative estimate of drug-likeness (QED) is 0.676. The number of aliphatic hydroxyl groups is 2. The molecule has 0 atom stereocenters. The Hall–Kier alpha value is -2.48. The molecule has 1 saturated heterocycles. The number of aryl methyl sites for hydroxylation is 2. The van der Waals surface area contributed by atoms with Crippen LogP contribution in [0.2, 0.25) is 0 Å². The molecule has 0 saturated carbocycles. The zero-order valence-electron chi connectivity index (χ0n) is 16.0. The normalized spacial score (nSPS) is 15.0. The maximum Gasteiger partial charge on any atom is 0.180 e. The van der Waals surface area contributed by atoms with Crippen LogP contribution in [0.15, 0.2) is 30.3 Å². The molecule has 4 rings (SSSR count). The van der Waals surface area contributed by atoms with E-state index in [4.69, 9.17) is 4.74 Å². The maximum atomic E-state index is 14.6. The van der Waals surface area contributed by atoms with E-state index in [1.165, 1.54) is 0 Å². The fourth-order valence-corrected chi connectivity index (χ4v) is 3.75. The number of aliphatic hydroxyl groups excluding tert-OH is 1. The molecule has 3 aromatic rings. The number of anilines is 1. The lowest BCUT2D eigenvalue weighted by Crippen LogP contribution is -2.36. The van der Waals surface area contributed by atoms with E-state index in [9.17, 15) is 14.6 Å². The SMILES string of the molecule is Cc1cccc(Cn2c(C)nc3c(C(O)O)cc(N4CCOCC4)cc32)c1F. The maximum absolute atomic E-state index is 14.6. The summed E-state index contributed by atoms with van der Waals surface area (Å²) >= 11 is 0. The van der Waals surface area contributed by atoms with Crippen LogP contribution in [0, 0.1) is 19.7 Å². The fraction of sp³-hybridized carbons (Fsp3) is 0.381. The van der Waals surface area contributed by atoms with Crippen LogP contribution >= 0.6 is 0 Å². The smallest absolute Gasteiger partial charge is 0.180 e. The van der Waals surface area contributed by atoms with Gasteiger partial charge in [-0.25, -0.2) is 9.37 Å². The van der Waals surface area contributed by atoms with Gasteiger partial charge in [0.25, 0.3) is 0 Å². The van der Waals surface area contributed by atoms with Crippen LogP contribution in [0.1, 0.15) is 28.8 Å². The first-order valence-electron chi connectivity index (χ1n) is 9.39. The molecule has 148 valence electrons. The summed E-state index contributed by atoms with van der Waals surface area (Å²) in [5.74, 6) is 0.465. The number of halogens is 1. The molecule has 28 heavy (non-hydrogen) atoms. The van der Waals surface area contributed by atoms with Crippen molar-refractivity contribution in [2.75, 3.05) is 31.2 Å². The van der Waals surface area contributed by atoms with Crippen molar-refractivity contribution < 1.29 is 19.3 Å². The molecule has 0 radical (unpaired) electrons. The Morgan fingerprint density at radius 3 is 2.64 bits per heavy atom. The van der Waals surface area contributed by atoms with E-state index < -0.39 is 6.29 Å². The average molecular weight is 385 g/mol. The summed E-state index contributed by atoms with van der Waals surface area (Å²) in [6.45, 7) is 6.62. The Balaban J connectivity index is 1.85. The highest BCUT2D eigenvalue weighted by atomic mass is 19.1. The molecule has 0 aliphatic carbocycles. The summed E-state index contributed by atoms with van der Waals surface area (Å²) in [5, 5.41) is 19.8.